The Hall–Kier alpha value is -1.22. The predicted molar refractivity (Wildman–Crippen MR) is 68.3 cm³/mol. The first-order chi connectivity index (χ1) is 8.10. The number of rotatable bonds is 3. The third kappa shape index (κ3) is 2.72. The van der Waals surface area contributed by atoms with Gasteiger partial charge in [-0.1, -0.05) is 13.0 Å². The highest BCUT2D eigenvalue weighted by molar-refractivity contribution is 5.41. The molecule has 1 aliphatic heterocycles. The molecule has 1 aliphatic rings. The van der Waals surface area contributed by atoms with Gasteiger partial charge in [0.1, 0.15) is 0 Å². The lowest BCUT2D eigenvalue weighted by atomic mass is 10.1. The summed E-state index contributed by atoms with van der Waals surface area (Å²) in [6.07, 6.45) is 1.27. The molecule has 1 aromatic rings. The fourth-order valence-electron chi connectivity index (χ4n) is 2.68. The van der Waals surface area contributed by atoms with Crippen LogP contribution in [0.15, 0.2) is 18.2 Å². The molecule has 1 N–H and O–H groups in total. The Morgan fingerprint density at radius 2 is 2.18 bits per heavy atom. The van der Waals surface area contributed by atoms with E-state index in [-0.39, 0.29) is 5.75 Å². The van der Waals surface area contributed by atoms with Crippen molar-refractivity contribution in [1.29, 1.82) is 0 Å². The summed E-state index contributed by atoms with van der Waals surface area (Å²) in [5.41, 5.74) is 1.14. The molecular formula is C14H21NO2. The standard InChI is InChI=1S/C14H21NO2/c1-10-6-11(2)15(8-10)9-12-4-5-14(17-3)13(16)7-12/h4-5,7,10-11,16H,6,8-9H2,1-3H3. The average Bonchev–Trinajstić information content (AvgIpc) is 2.58. The van der Waals surface area contributed by atoms with Crippen LogP contribution in [-0.2, 0) is 6.54 Å². The molecule has 0 saturated carbocycles. The molecule has 94 valence electrons. The molecule has 0 bridgehead atoms. The van der Waals surface area contributed by atoms with E-state index >= 15 is 0 Å². The molecule has 3 nitrogen and oxygen atoms in total. The number of hydrogen-bond acceptors (Lipinski definition) is 3. The van der Waals surface area contributed by atoms with Gasteiger partial charge < -0.3 is 9.84 Å². The van der Waals surface area contributed by atoms with Crippen LogP contribution < -0.4 is 4.74 Å². The smallest absolute Gasteiger partial charge is 0.160 e. The molecule has 3 heteroatoms. The summed E-state index contributed by atoms with van der Waals surface area (Å²) in [4.78, 5) is 2.46. The minimum absolute atomic E-state index is 0.227. The second-order valence-corrected chi connectivity index (χ2v) is 5.13. The van der Waals surface area contributed by atoms with Gasteiger partial charge in [0.2, 0.25) is 0 Å². The van der Waals surface area contributed by atoms with Gasteiger partial charge >= 0.3 is 0 Å². The molecule has 2 rings (SSSR count). The Morgan fingerprint density at radius 1 is 1.41 bits per heavy atom. The lowest BCUT2D eigenvalue weighted by Crippen LogP contribution is -2.26. The van der Waals surface area contributed by atoms with Gasteiger partial charge in [-0.25, -0.2) is 0 Å². The van der Waals surface area contributed by atoms with Gasteiger partial charge in [0.05, 0.1) is 7.11 Å². The molecule has 0 amide bonds. The van der Waals surface area contributed by atoms with Crippen LogP contribution in [0, 0.1) is 5.92 Å². The van der Waals surface area contributed by atoms with E-state index in [1.54, 1.807) is 13.2 Å². The van der Waals surface area contributed by atoms with Gasteiger partial charge in [-0.05, 0) is 37.0 Å². The topological polar surface area (TPSA) is 32.7 Å². The quantitative estimate of drug-likeness (QED) is 0.874. The van der Waals surface area contributed by atoms with Crippen LogP contribution in [0.25, 0.3) is 0 Å². The molecule has 1 fully saturated rings. The molecule has 17 heavy (non-hydrogen) atoms. The molecule has 0 spiro atoms. The third-order valence-electron chi connectivity index (χ3n) is 3.54. The van der Waals surface area contributed by atoms with Crippen molar-refractivity contribution in [3.8, 4) is 11.5 Å². The molecule has 2 unspecified atom stereocenters. The predicted octanol–water partition coefficient (Wildman–Crippen LogP) is 2.63. The average molecular weight is 235 g/mol. The van der Waals surface area contributed by atoms with E-state index < -0.39 is 0 Å². The summed E-state index contributed by atoms with van der Waals surface area (Å²) in [5.74, 6) is 1.54. The Labute approximate surface area is 103 Å². The zero-order valence-electron chi connectivity index (χ0n) is 10.8. The van der Waals surface area contributed by atoms with Crippen LogP contribution in [0.3, 0.4) is 0 Å². The van der Waals surface area contributed by atoms with Gasteiger partial charge in [-0.3, -0.25) is 4.90 Å². The van der Waals surface area contributed by atoms with Crippen molar-refractivity contribution in [3.05, 3.63) is 23.8 Å². The van der Waals surface area contributed by atoms with E-state index in [4.69, 9.17) is 4.74 Å². The summed E-state index contributed by atoms with van der Waals surface area (Å²) in [6, 6.07) is 6.28. The summed E-state index contributed by atoms with van der Waals surface area (Å²) in [6.45, 7) is 6.62. The fraction of sp³-hybridized carbons (Fsp3) is 0.571. The molecule has 1 heterocycles. The van der Waals surface area contributed by atoms with Gasteiger partial charge in [0.25, 0.3) is 0 Å². The third-order valence-corrected chi connectivity index (χ3v) is 3.54. The van der Waals surface area contributed by atoms with Crippen molar-refractivity contribution in [3.63, 3.8) is 0 Å². The molecular weight excluding hydrogens is 214 g/mol. The Bertz CT molecular complexity index is 392. The SMILES string of the molecule is COc1ccc(CN2CC(C)CC2C)cc1O. The highest BCUT2D eigenvalue weighted by Crippen LogP contribution is 2.29. The van der Waals surface area contributed by atoms with Gasteiger partial charge in [0.15, 0.2) is 11.5 Å². The normalized spacial score (nSPS) is 25.1. The Balaban J connectivity index is 2.06. The maximum atomic E-state index is 9.74. The second kappa shape index (κ2) is 4.96. The Kier molecular flexibility index (Phi) is 3.57. The van der Waals surface area contributed by atoms with Gasteiger partial charge in [-0.15, -0.1) is 0 Å². The molecule has 0 radical (unpaired) electrons. The summed E-state index contributed by atoms with van der Waals surface area (Å²) < 4.78 is 5.04. The largest absolute Gasteiger partial charge is 0.504 e. The number of hydrogen-bond donors (Lipinski definition) is 1. The summed E-state index contributed by atoms with van der Waals surface area (Å²) in [7, 11) is 1.57. The van der Waals surface area contributed by atoms with E-state index in [2.05, 4.69) is 18.7 Å². The summed E-state index contributed by atoms with van der Waals surface area (Å²) >= 11 is 0. The summed E-state index contributed by atoms with van der Waals surface area (Å²) in [5, 5.41) is 9.74. The van der Waals surface area contributed by atoms with Gasteiger partial charge in [0, 0.05) is 19.1 Å². The fourth-order valence-corrected chi connectivity index (χ4v) is 2.68. The maximum Gasteiger partial charge on any atom is 0.160 e. The Morgan fingerprint density at radius 3 is 2.71 bits per heavy atom. The van der Waals surface area contributed by atoms with Crippen LogP contribution in [0.4, 0.5) is 0 Å². The van der Waals surface area contributed by atoms with E-state index in [0.29, 0.717) is 11.8 Å². The van der Waals surface area contributed by atoms with E-state index in [0.717, 1.165) is 24.6 Å². The lowest BCUT2D eigenvalue weighted by molar-refractivity contribution is 0.256. The maximum absolute atomic E-state index is 9.74. The van der Waals surface area contributed by atoms with Crippen LogP contribution in [0.1, 0.15) is 25.8 Å². The van der Waals surface area contributed by atoms with Crippen molar-refractivity contribution in [2.75, 3.05) is 13.7 Å². The monoisotopic (exact) mass is 235 g/mol. The highest BCUT2D eigenvalue weighted by atomic mass is 16.5. The van der Waals surface area contributed by atoms with Crippen LogP contribution in [-0.4, -0.2) is 29.7 Å². The van der Waals surface area contributed by atoms with Crippen LogP contribution in [0.5, 0.6) is 11.5 Å². The number of aromatic hydroxyl groups is 1. The van der Waals surface area contributed by atoms with Crippen LogP contribution >= 0.6 is 0 Å². The van der Waals surface area contributed by atoms with E-state index in [9.17, 15) is 5.11 Å². The molecule has 1 aromatic carbocycles. The van der Waals surface area contributed by atoms with Crippen molar-refractivity contribution < 1.29 is 9.84 Å². The number of nitrogens with zero attached hydrogens (tertiary/aromatic N) is 1. The minimum Gasteiger partial charge on any atom is -0.504 e. The van der Waals surface area contributed by atoms with Crippen molar-refractivity contribution >= 4 is 0 Å². The molecule has 2 atom stereocenters. The first-order valence-electron chi connectivity index (χ1n) is 6.20. The zero-order chi connectivity index (χ0) is 12.4. The number of phenolic OH excluding ortho intramolecular Hbond substituents is 1. The van der Waals surface area contributed by atoms with E-state index in [1.807, 2.05) is 12.1 Å². The molecule has 1 saturated heterocycles. The second-order valence-electron chi connectivity index (χ2n) is 5.13. The van der Waals surface area contributed by atoms with Crippen molar-refractivity contribution in [1.82, 2.24) is 4.90 Å². The highest BCUT2D eigenvalue weighted by Gasteiger charge is 2.25. The first kappa shape index (κ1) is 12.2. The van der Waals surface area contributed by atoms with Crippen LogP contribution in [0.2, 0.25) is 0 Å². The van der Waals surface area contributed by atoms with Crippen molar-refractivity contribution in [2.24, 2.45) is 5.92 Å². The molecule has 0 aliphatic carbocycles. The van der Waals surface area contributed by atoms with Gasteiger partial charge in [-0.2, -0.15) is 0 Å². The zero-order valence-corrected chi connectivity index (χ0v) is 10.8. The number of ether oxygens (including phenoxy) is 1. The minimum atomic E-state index is 0.227. The number of phenols is 1. The number of methoxy groups -OCH3 is 1. The molecule has 0 aromatic heterocycles. The van der Waals surface area contributed by atoms with E-state index in [1.165, 1.54) is 6.42 Å². The first-order valence-corrected chi connectivity index (χ1v) is 6.20. The number of benzene rings is 1. The number of likely N-dealkylation sites (tertiary alicyclic amines) is 1. The lowest BCUT2D eigenvalue weighted by Gasteiger charge is -2.21. The van der Waals surface area contributed by atoms with Crippen molar-refractivity contribution in [2.45, 2.75) is 32.9 Å².